The topological polar surface area (TPSA) is 70.5 Å². The summed E-state index contributed by atoms with van der Waals surface area (Å²) >= 11 is 0. The second-order valence-electron chi connectivity index (χ2n) is 7.59. The van der Waals surface area contributed by atoms with Gasteiger partial charge in [-0.25, -0.2) is 14.8 Å². The number of hydrogen-bond acceptors (Lipinski definition) is 6. The lowest BCUT2D eigenvalue weighted by Crippen LogP contribution is -2.38. The van der Waals surface area contributed by atoms with E-state index in [1.54, 1.807) is 24.5 Å². The highest BCUT2D eigenvalue weighted by Gasteiger charge is 2.43. The van der Waals surface area contributed by atoms with Crippen molar-refractivity contribution in [3.63, 3.8) is 0 Å². The number of hydrogen-bond donors (Lipinski definition) is 0. The van der Waals surface area contributed by atoms with Crippen LogP contribution in [0.25, 0.3) is 11.4 Å². The van der Waals surface area contributed by atoms with E-state index in [0.29, 0.717) is 30.2 Å². The first-order valence-electron chi connectivity index (χ1n) is 11.3. The van der Waals surface area contributed by atoms with Crippen LogP contribution in [-0.2, 0) is 9.47 Å². The molecular formula is C24H31F3N2O4. The van der Waals surface area contributed by atoms with Gasteiger partial charge in [0.1, 0.15) is 0 Å². The number of alkyl halides is 3. The molecular weight excluding hydrogens is 437 g/mol. The zero-order valence-corrected chi connectivity index (χ0v) is 19.1. The summed E-state index contributed by atoms with van der Waals surface area (Å²) in [6.45, 7) is 4.10. The van der Waals surface area contributed by atoms with Gasteiger partial charge >= 0.3 is 12.1 Å². The molecule has 0 aliphatic heterocycles. The molecule has 0 aliphatic carbocycles. The lowest BCUT2D eigenvalue weighted by Gasteiger charge is -2.20. The van der Waals surface area contributed by atoms with Crippen LogP contribution in [0.4, 0.5) is 13.2 Å². The molecule has 0 fully saturated rings. The first kappa shape index (κ1) is 26.6. The maximum atomic E-state index is 13.2. The van der Waals surface area contributed by atoms with E-state index in [1.165, 1.54) is 18.6 Å². The Balaban J connectivity index is 1.93. The summed E-state index contributed by atoms with van der Waals surface area (Å²) in [6.07, 6.45) is 1.93. The normalized spacial score (nSPS) is 12.4. The van der Waals surface area contributed by atoms with Gasteiger partial charge in [-0.05, 0) is 25.0 Å². The Morgan fingerprint density at radius 2 is 1.61 bits per heavy atom. The SMILES string of the molecule is CCCCCCOc1cnc(-c2ccc(C(=O)OC(COCCCC)C(F)(F)F)cc2)nc1. The summed E-state index contributed by atoms with van der Waals surface area (Å²) in [4.78, 5) is 20.7. The van der Waals surface area contributed by atoms with Gasteiger partial charge in [-0.3, -0.25) is 0 Å². The predicted octanol–water partition coefficient (Wildman–Crippen LogP) is 6.01. The molecule has 1 aromatic heterocycles. The molecule has 1 unspecified atom stereocenters. The fourth-order valence-electron chi connectivity index (χ4n) is 2.84. The summed E-state index contributed by atoms with van der Waals surface area (Å²) in [5.41, 5.74) is 0.602. The fourth-order valence-corrected chi connectivity index (χ4v) is 2.84. The molecule has 33 heavy (non-hydrogen) atoms. The highest BCUT2D eigenvalue weighted by Crippen LogP contribution is 2.25. The lowest BCUT2D eigenvalue weighted by molar-refractivity contribution is -0.217. The van der Waals surface area contributed by atoms with Crippen molar-refractivity contribution < 1.29 is 32.2 Å². The number of aromatic nitrogens is 2. The van der Waals surface area contributed by atoms with Crippen LogP contribution in [0.2, 0.25) is 0 Å². The summed E-state index contributed by atoms with van der Waals surface area (Å²) in [5.74, 6) is -0.101. The van der Waals surface area contributed by atoms with Gasteiger partial charge in [0.05, 0.1) is 31.2 Å². The van der Waals surface area contributed by atoms with Crippen molar-refractivity contribution in [2.75, 3.05) is 19.8 Å². The molecule has 6 nitrogen and oxygen atoms in total. The number of halogens is 3. The second kappa shape index (κ2) is 13.8. The van der Waals surface area contributed by atoms with E-state index in [1.807, 2.05) is 6.92 Å². The van der Waals surface area contributed by atoms with Gasteiger partial charge in [0, 0.05) is 12.2 Å². The quantitative estimate of drug-likeness (QED) is 0.250. The third-order valence-corrected chi connectivity index (χ3v) is 4.80. The summed E-state index contributed by atoms with van der Waals surface area (Å²) < 4.78 is 54.8. The molecule has 2 aromatic rings. The minimum atomic E-state index is -4.71. The van der Waals surface area contributed by atoms with E-state index in [9.17, 15) is 18.0 Å². The Kier molecular flexibility index (Phi) is 11.1. The first-order valence-corrected chi connectivity index (χ1v) is 11.3. The minimum Gasteiger partial charge on any atom is -0.490 e. The van der Waals surface area contributed by atoms with E-state index in [2.05, 4.69) is 21.6 Å². The Morgan fingerprint density at radius 1 is 0.939 bits per heavy atom. The standard InChI is InChI=1S/C24H31F3N2O4/c1-3-5-7-8-14-32-20-15-28-22(29-16-20)18-9-11-19(12-10-18)23(30)33-21(24(25,26)27)17-31-13-6-4-2/h9-12,15-16,21H,3-8,13-14,17H2,1-2H3. The molecule has 0 aliphatic rings. The Bertz CT molecular complexity index is 827. The van der Waals surface area contributed by atoms with Crippen LogP contribution in [0.5, 0.6) is 5.75 Å². The van der Waals surface area contributed by atoms with Crippen LogP contribution >= 0.6 is 0 Å². The zero-order valence-electron chi connectivity index (χ0n) is 19.1. The van der Waals surface area contributed by atoms with E-state index in [-0.39, 0.29) is 12.2 Å². The van der Waals surface area contributed by atoms with Crippen LogP contribution in [-0.4, -0.2) is 48.0 Å². The predicted molar refractivity (Wildman–Crippen MR) is 118 cm³/mol. The van der Waals surface area contributed by atoms with Gasteiger partial charge in [-0.1, -0.05) is 51.7 Å². The van der Waals surface area contributed by atoms with E-state index in [0.717, 1.165) is 25.7 Å². The molecule has 2 rings (SSSR count). The minimum absolute atomic E-state index is 0.00593. The number of rotatable bonds is 14. The number of ether oxygens (including phenoxy) is 3. The lowest BCUT2D eigenvalue weighted by atomic mass is 10.1. The van der Waals surface area contributed by atoms with Crippen molar-refractivity contribution >= 4 is 5.97 Å². The van der Waals surface area contributed by atoms with E-state index < -0.39 is 24.9 Å². The van der Waals surface area contributed by atoms with Gasteiger partial charge in [0.25, 0.3) is 0 Å². The molecule has 0 bridgehead atoms. The zero-order chi connectivity index (χ0) is 24.1. The van der Waals surface area contributed by atoms with Crippen molar-refractivity contribution in [3.8, 4) is 17.1 Å². The van der Waals surface area contributed by atoms with Crippen molar-refractivity contribution in [2.45, 2.75) is 64.7 Å². The Hall–Kier alpha value is -2.68. The first-order chi connectivity index (χ1) is 15.8. The second-order valence-corrected chi connectivity index (χ2v) is 7.59. The molecule has 1 atom stereocenters. The van der Waals surface area contributed by atoms with Crippen LogP contribution in [0.3, 0.4) is 0 Å². The Labute approximate surface area is 192 Å². The van der Waals surface area contributed by atoms with Crippen molar-refractivity contribution in [3.05, 3.63) is 42.2 Å². The Morgan fingerprint density at radius 3 is 2.21 bits per heavy atom. The number of esters is 1. The van der Waals surface area contributed by atoms with Crippen molar-refractivity contribution in [1.82, 2.24) is 9.97 Å². The van der Waals surface area contributed by atoms with Crippen LogP contribution in [0.1, 0.15) is 62.7 Å². The maximum absolute atomic E-state index is 13.2. The molecule has 0 saturated heterocycles. The molecule has 1 heterocycles. The average molecular weight is 469 g/mol. The molecule has 0 amide bonds. The third kappa shape index (κ3) is 9.37. The summed E-state index contributed by atoms with van der Waals surface area (Å²) in [6, 6.07) is 5.87. The number of nitrogens with zero attached hydrogens (tertiary/aromatic N) is 2. The molecule has 0 N–H and O–H groups in total. The smallest absolute Gasteiger partial charge is 0.427 e. The average Bonchev–Trinajstić information content (AvgIpc) is 2.80. The van der Waals surface area contributed by atoms with Gasteiger partial charge in [0.15, 0.2) is 11.6 Å². The summed E-state index contributed by atoms with van der Waals surface area (Å²) in [7, 11) is 0. The molecule has 182 valence electrons. The van der Waals surface area contributed by atoms with Crippen molar-refractivity contribution in [2.24, 2.45) is 0 Å². The largest absolute Gasteiger partial charge is 0.490 e. The van der Waals surface area contributed by atoms with Gasteiger partial charge in [0.2, 0.25) is 6.10 Å². The monoisotopic (exact) mass is 468 g/mol. The van der Waals surface area contributed by atoms with Gasteiger partial charge in [-0.15, -0.1) is 0 Å². The van der Waals surface area contributed by atoms with Crippen LogP contribution in [0, 0.1) is 0 Å². The van der Waals surface area contributed by atoms with E-state index in [4.69, 9.17) is 9.47 Å². The summed E-state index contributed by atoms with van der Waals surface area (Å²) in [5, 5.41) is 0. The number of carbonyl (C=O) groups excluding carboxylic acids is 1. The third-order valence-electron chi connectivity index (χ3n) is 4.80. The van der Waals surface area contributed by atoms with E-state index >= 15 is 0 Å². The molecule has 0 radical (unpaired) electrons. The molecule has 0 spiro atoms. The number of carbonyl (C=O) groups is 1. The maximum Gasteiger partial charge on any atom is 0.427 e. The molecule has 9 heteroatoms. The van der Waals surface area contributed by atoms with Crippen LogP contribution < -0.4 is 4.74 Å². The highest BCUT2D eigenvalue weighted by atomic mass is 19.4. The highest BCUT2D eigenvalue weighted by molar-refractivity contribution is 5.90. The molecule has 1 aromatic carbocycles. The van der Waals surface area contributed by atoms with Gasteiger partial charge in [-0.2, -0.15) is 13.2 Å². The fraction of sp³-hybridized carbons (Fsp3) is 0.542. The van der Waals surface area contributed by atoms with Gasteiger partial charge < -0.3 is 14.2 Å². The van der Waals surface area contributed by atoms with Crippen LogP contribution in [0.15, 0.2) is 36.7 Å². The number of benzene rings is 1. The van der Waals surface area contributed by atoms with Crippen molar-refractivity contribution in [1.29, 1.82) is 0 Å². The molecule has 0 saturated carbocycles. The number of unbranched alkanes of at least 4 members (excludes halogenated alkanes) is 4.